The Kier molecular flexibility index (Phi) is 3.72. The molecule has 0 aliphatic heterocycles. The minimum atomic E-state index is -0.715. The van der Waals surface area contributed by atoms with E-state index < -0.39 is 10.9 Å². The SMILES string of the molecule is O=C(Oc1cccnc1)c1ccc(Cl)c([N+](=O)[O-])c1. The molecule has 1 heterocycles. The minimum absolute atomic E-state index is 0.0390. The molecule has 0 atom stereocenters. The summed E-state index contributed by atoms with van der Waals surface area (Å²) in [6, 6.07) is 6.86. The zero-order valence-corrected chi connectivity index (χ0v) is 10.2. The third-order valence-corrected chi connectivity index (χ3v) is 2.54. The molecule has 0 amide bonds. The van der Waals surface area contributed by atoms with Crippen LogP contribution in [0.25, 0.3) is 0 Å². The molecule has 2 aromatic rings. The van der Waals surface area contributed by atoms with Crippen LogP contribution in [-0.2, 0) is 0 Å². The molecule has 7 heteroatoms. The number of ether oxygens (including phenoxy) is 1. The Morgan fingerprint density at radius 2 is 2.16 bits per heavy atom. The van der Waals surface area contributed by atoms with Crippen LogP contribution in [0.1, 0.15) is 10.4 Å². The van der Waals surface area contributed by atoms with Crippen LogP contribution in [0, 0.1) is 10.1 Å². The van der Waals surface area contributed by atoms with Crippen molar-refractivity contribution in [3.8, 4) is 5.75 Å². The molecule has 0 saturated heterocycles. The van der Waals surface area contributed by atoms with Gasteiger partial charge in [0.1, 0.15) is 10.8 Å². The van der Waals surface area contributed by atoms with Gasteiger partial charge < -0.3 is 4.74 Å². The molecular formula is C12H7ClN2O4. The molecule has 1 aromatic heterocycles. The lowest BCUT2D eigenvalue weighted by atomic mass is 10.2. The average molecular weight is 279 g/mol. The molecule has 1 aromatic carbocycles. The van der Waals surface area contributed by atoms with Crippen molar-refractivity contribution >= 4 is 23.3 Å². The van der Waals surface area contributed by atoms with Gasteiger partial charge in [0.25, 0.3) is 5.69 Å². The van der Waals surface area contributed by atoms with Gasteiger partial charge in [-0.05, 0) is 24.3 Å². The molecule has 0 unspecified atom stereocenters. The van der Waals surface area contributed by atoms with E-state index in [0.717, 1.165) is 6.07 Å². The van der Waals surface area contributed by atoms with E-state index in [0.29, 0.717) is 0 Å². The van der Waals surface area contributed by atoms with Crippen molar-refractivity contribution in [1.29, 1.82) is 0 Å². The summed E-state index contributed by atoms with van der Waals surface area (Å²) < 4.78 is 5.01. The third-order valence-electron chi connectivity index (χ3n) is 2.22. The number of hydrogen-bond acceptors (Lipinski definition) is 5. The summed E-state index contributed by atoms with van der Waals surface area (Å²) in [5.74, 6) is -0.460. The number of nitro benzene ring substituents is 1. The summed E-state index contributed by atoms with van der Waals surface area (Å²) in [6.07, 6.45) is 2.90. The van der Waals surface area contributed by atoms with Crippen LogP contribution in [0.15, 0.2) is 42.7 Å². The number of pyridine rings is 1. The fourth-order valence-corrected chi connectivity index (χ4v) is 1.54. The Hall–Kier alpha value is -2.47. The number of aromatic nitrogens is 1. The van der Waals surface area contributed by atoms with Crippen LogP contribution in [0.3, 0.4) is 0 Å². The highest BCUT2D eigenvalue weighted by Crippen LogP contribution is 2.25. The van der Waals surface area contributed by atoms with E-state index in [1.165, 1.54) is 24.5 Å². The van der Waals surface area contributed by atoms with E-state index in [-0.39, 0.29) is 22.0 Å². The number of carbonyl (C=O) groups is 1. The molecule has 0 bridgehead atoms. The molecule has 0 aliphatic rings. The number of benzene rings is 1. The summed E-state index contributed by atoms with van der Waals surface area (Å²) in [5.41, 5.74) is -0.303. The number of rotatable bonds is 3. The second-order valence-corrected chi connectivity index (χ2v) is 3.91. The Bertz CT molecular complexity index is 631. The van der Waals surface area contributed by atoms with Crippen LogP contribution in [0.4, 0.5) is 5.69 Å². The minimum Gasteiger partial charge on any atom is -0.421 e. The number of nitrogens with zero attached hydrogens (tertiary/aromatic N) is 2. The first-order valence-electron chi connectivity index (χ1n) is 5.14. The summed E-state index contributed by atoms with van der Waals surface area (Å²) >= 11 is 5.65. The van der Waals surface area contributed by atoms with Gasteiger partial charge in [0.15, 0.2) is 0 Å². The summed E-state index contributed by atoms with van der Waals surface area (Å²) in [6.45, 7) is 0. The monoisotopic (exact) mass is 278 g/mol. The third kappa shape index (κ3) is 3.05. The van der Waals surface area contributed by atoms with Crippen molar-refractivity contribution in [2.75, 3.05) is 0 Å². The van der Waals surface area contributed by atoms with Crippen LogP contribution >= 0.6 is 11.6 Å². The van der Waals surface area contributed by atoms with Gasteiger partial charge in [-0.3, -0.25) is 15.1 Å². The van der Waals surface area contributed by atoms with Crippen molar-refractivity contribution < 1.29 is 14.5 Å². The first-order chi connectivity index (χ1) is 9.08. The average Bonchev–Trinajstić information content (AvgIpc) is 2.40. The van der Waals surface area contributed by atoms with Crippen molar-refractivity contribution in [2.24, 2.45) is 0 Å². The highest BCUT2D eigenvalue weighted by molar-refractivity contribution is 6.32. The maximum Gasteiger partial charge on any atom is 0.343 e. The number of hydrogen-bond donors (Lipinski definition) is 0. The largest absolute Gasteiger partial charge is 0.421 e. The lowest BCUT2D eigenvalue weighted by molar-refractivity contribution is -0.384. The maximum absolute atomic E-state index is 11.8. The molecule has 0 fully saturated rings. The van der Waals surface area contributed by atoms with Crippen LogP contribution < -0.4 is 4.74 Å². The van der Waals surface area contributed by atoms with Crippen molar-refractivity contribution in [3.63, 3.8) is 0 Å². The first kappa shape index (κ1) is 13.0. The highest BCUT2D eigenvalue weighted by Gasteiger charge is 2.17. The van der Waals surface area contributed by atoms with Crippen molar-refractivity contribution in [3.05, 3.63) is 63.4 Å². The standard InChI is InChI=1S/C12H7ClN2O4/c13-10-4-3-8(6-11(10)15(17)18)12(16)19-9-2-1-5-14-7-9/h1-7H. The first-order valence-corrected chi connectivity index (χ1v) is 5.52. The predicted octanol–water partition coefficient (Wildman–Crippen LogP) is 2.86. The number of nitro groups is 1. The summed E-state index contributed by atoms with van der Waals surface area (Å²) in [5, 5.41) is 10.7. The maximum atomic E-state index is 11.8. The zero-order valence-electron chi connectivity index (χ0n) is 9.45. The second-order valence-electron chi connectivity index (χ2n) is 3.50. The molecule has 0 aliphatic carbocycles. The molecule has 96 valence electrons. The fraction of sp³-hybridized carbons (Fsp3) is 0. The molecule has 0 saturated carbocycles. The lowest BCUT2D eigenvalue weighted by Crippen LogP contribution is -2.09. The fourth-order valence-electron chi connectivity index (χ4n) is 1.35. The van der Waals surface area contributed by atoms with Crippen LogP contribution in [0.2, 0.25) is 5.02 Å². The van der Waals surface area contributed by atoms with Gasteiger partial charge in [-0.2, -0.15) is 0 Å². The van der Waals surface area contributed by atoms with Crippen LogP contribution in [0.5, 0.6) is 5.75 Å². The molecule has 6 nitrogen and oxygen atoms in total. The summed E-state index contributed by atoms with van der Waals surface area (Å²) in [4.78, 5) is 25.6. The van der Waals surface area contributed by atoms with E-state index in [1.807, 2.05) is 0 Å². The molecular weight excluding hydrogens is 272 g/mol. The molecule has 0 spiro atoms. The Balaban J connectivity index is 2.25. The molecule has 0 N–H and O–H groups in total. The topological polar surface area (TPSA) is 82.3 Å². The predicted molar refractivity (Wildman–Crippen MR) is 67.3 cm³/mol. The van der Waals surface area contributed by atoms with E-state index >= 15 is 0 Å². The highest BCUT2D eigenvalue weighted by atomic mass is 35.5. The van der Waals surface area contributed by atoms with Gasteiger partial charge in [-0.1, -0.05) is 11.6 Å². The van der Waals surface area contributed by atoms with Crippen LogP contribution in [-0.4, -0.2) is 15.9 Å². The van der Waals surface area contributed by atoms with Gasteiger partial charge >= 0.3 is 5.97 Å². The van der Waals surface area contributed by atoms with Gasteiger partial charge in [-0.25, -0.2) is 4.79 Å². The number of carbonyl (C=O) groups excluding carboxylic acids is 1. The van der Waals surface area contributed by atoms with E-state index in [2.05, 4.69) is 4.98 Å². The van der Waals surface area contributed by atoms with Gasteiger partial charge in [0, 0.05) is 12.3 Å². The van der Waals surface area contributed by atoms with Crippen molar-refractivity contribution in [2.45, 2.75) is 0 Å². The number of esters is 1. The molecule has 19 heavy (non-hydrogen) atoms. The summed E-state index contributed by atoms with van der Waals surface area (Å²) in [7, 11) is 0. The Morgan fingerprint density at radius 3 is 2.79 bits per heavy atom. The van der Waals surface area contributed by atoms with E-state index in [4.69, 9.17) is 16.3 Å². The van der Waals surface area contributed by atoms with Gasteiger partial charge in [-0.15, -0.1) is 0 Å². The molecule has 0 radical (unpaired) electrons. The Morgan fingerprint density at radius 1 is 1.37 bits per heavy atom. The lowest BCUT2D eigenvalue weighted by Gasteiger charge is -2.03. The van der Waals surface area contributed by atoms with E-state index in [1.54, 1.807) is 12.1 Å². The van der Waals surface area contributed by atoms with Crippen molar-refractivity contribution in [1.82, 2.24) is 4.98 Å². The van der Waals surface area contributed by atoms with Gasteiger partial charge in [0.2, 0.25) is 0 Å². The smallest absolute Gasteiger partial charge is 0.343 e. The Labute approximate surface area is 112 Å². The quantitative estimate of drug-likeness (QED) is 0.490. The second kappa shape index (κ2) is 5.45. The number of halogens is 1. The molecule has 2 rings (SSSR count). The zero-order chi connectivity index (χ0) is 13.8. The van der Waals surface area contributed by atoms with E-state index in [9.17, 15) is 14.9 Å². The van der Waals surface area contributed by atoms with Gasteiger partial charge in [0.05, 0.1) is 16.7 Å². The normalized spacial score (nSPS) is 9.95.